The van der Waals surface area contributed by atoms with Crippen molar-refractivity contribution in [2.24, 2.45) is 0 Å². The fraction of sp³-hybridized carbons (Fsp3) is 0.455. The summed E-state index contributed by atoms with van der Waals surface area (Å²) in [4.78, 5) is 11.6. The van der Waals surface area contributed by atoms with E-state index in [-0.39, 0.29) is 11.7 Å². The zero-order chi connectivity index (χ0) is 14.2. The van der Waals surface area contributed by atoms with Crippen LogP contribution in [0.4, 0.5) is 0 Å². The number of nitrogens with one attached hydrogen (secondary N) is 1. The summed E-state index contributed by atoms with van der Waals surface area (Å²) < 4.78 is 11.7. The molecule has 0 unspecified atom stereocenters. The fourth-order valence-corrected chi connectivity index (χ4v) is 2.13. The van der Waals surface area contributed by atoms with Gasteiger partial charge in [-0.2, -0.15) is 0 Å². The summed E-state index contributed by atoms with van der Waals surface area (Å²) in [5.74, 6) is 0.922. The van der Waals surface area contributed by atoms with Crippen molar-refractivity contribution in [2.45, 2.75) is 11.7 Å². The maximum absolute atomic E-state index is 11.6. The van der Waals surface area contributed by atoms with E-state index in [0.717, 1.165) is 5.76 Å². The van der Waals surface area contributed by atoms with Crippen LogP contribution >= 0.6 is 11.8 Å². The maximum atomic E-state index is 11.6. The van der Waals surface area contributed by atoms with E-state index in [1.54, 1.807) is 24.1 Å². The standard InChI is InChI=1S/C11H15N5O3S/c1-18-6-4-12-10(17)8-20-11-13-14-15-16(11)7-9-3-2-5-19-9/h2-3,5H,4,6-8H2,1H3,(H,12,17). The van der Waals surface area contributed by atoms with E-state index in [2.05, 4.69) is 20.8 Å². The Morgan fingerprint density at radius 3 is 3.25 bits per heavy atom. The Hall–Kier alpha value is -1.87. The lowest BCUT2D eigenvalue weighted by atomic mass is 10.4. The summed E-state index contributed by atoms with van der Waals surface area (Å²) in [5.41, 5.74) is 0. The van der Waals surface area contributed by atoms with Gasteiger partial charge in [0.2, 0.25) is 11.1 Å². The fourth-order valence-electron chi connectivity index (χ4n) is 1.42. The Kier molecular flexibility index (Phi) is 5.56. The Labute approximate surface area is 119 Å². The van der Waals surface area contributed by atoms with Gasteiger partial charge in [0.15, 0.2) is 0 Å². The zero-order valence-electron chi connectivity index (χ0n) is 11.0. The molecule has 108 valence electrons. The highest BCUT2D eigenvalue weighted by atomic mass is 32.2. The van der Waals surface area contributed by atoms with E-state index in [1.807, 2.05) is 6.07 Å². The molecule has 20 heavy (non-hydrogen) atoms. The molecule has 2 rings (SSSR count). The van der Waals surface area contributed by atoms with Gasteiger partial charge in [-0.25, -0.2) is 4.68 Å². The van der Waals surface area contributed by atoms with Gasteiger partial charge < -0.3 is 14.5 Å². The molecule has 1 N–H and O–H groups in total. The van der Waals surface area contributed by atoms with E-state index < -0.39 is 0 Å². The molecular weight excluding hydrogens is 282 g/mol. The van der Waals surface area contributed by atoms with Crippen molar-refractivity contribution in [3.05, 3.63) is 24.2 Å². The highest BCUT2D eigenvalue weighted by Gasteiger charge is 2.11. The van der Waals surface area contributed by atoms with E-state index in [9.17, 15) is 4.79 Å². The van der Waals surface area contributed by atoms with Crippen molar-refractivity contribution in [3.8, 4) is 0 Å². The van der Waals surface area contributed by atoms with Crippen LogP contribution in [0.15, 0.2) is 28.0 Å². The Morgan fingerprint density at radius 1 is 1.60 bits per heavy atom. The number of hydrogen-bond acceptors (Lipinski definition) is 7. The van der Waals surface area contributed by atoms with Crippen LogP contribution in [0.2, 0.25) is 0 Å². The lowest BCUT2D eigenvalue weighted by molar-refractivity contribution is -0.118. The van der Waals surface area contributed by atoms with Crippen molar-refractivity contribution in [1.29, 1.82) is 0 Å². The minimum Gasteiger partial charge on any atom is -0.467 e. The first kappa shape index (κ1) is 14.5. The van der Waals surface area contributed by atoms with Crippen LogP contribution in [-0.2, 0) is 16.1 Å². The van der Waals surface area contributed by atoms with Gasteiger partial charge in [0.1, 0.15) is 12.3 Å². The minimum atomic E-state index is -0.0837. The van der Waals surface area contributed by atoms with Gasteiger partial charge in [-0.1, -0.05) is 11.8 Å². The number of thioether (sulfide) groups is 1. The van der Waals surface area contributed by atoms with Crippen molar-refractivity contribution >= 4 is 17.7 Å². The van der Waals surface area contributed by atoms with E-state index in [0.29, 0.717) is 24.9 Å². The number of nitrogens with zero attached hydrogens (tertiary/aromatic N) is 4. The maximum Gasteiger partial charge on any atom is 0.230 e. The summed E-state index contributed by atoms with van der Waals surface area (Å²) >= 11 is 1.27. The molecular formula is C11H15N5O3S. The molecule has 0 aromatic carbocycles. The van der Waals surface area contributed by atoms with Crippen LogP contribution in [0.3, 0.4) is 0 Å². The second-order valence-electron chi connectivity index (χ2n) is 3.83. The molecule has 0 aliphatic heterocycles. The molecule has 0 spiro atoms. The molecule has 0 aliphatic carbocycles. The van der Waals surface area contributed by atoms with Crippen LogP contribution in [-0.4, -0.2) is 52.1 Å². The summed E-state index contributed by atoms with van der Waals surface area (Å²) in [5, 5.41) is 14.7. The summed E-state index contributed by atoms with van der Waals surface area (Å²) in [7, 11) is 1.59. The molecule has 0 atom stereocenters. The first-order chi connectivity index (χ1) is 9.79. The predicted octanol–water partition coefficient (Wildman–Crippen LogP) is 0.169. The van der Waals surface area contributed by atoms with E-state index >= 15 is 0 Å². The molecule has 2 aromatic heterocycles. The van der Waals surface area contributed by atoms with Crippen molar-refractivity contribution in [2.75, 3.05) is 26.0 Å². The number of ether oxygens (including phenoxy) is 1. The molecule has 0 saturated carbocycles. The number of rotatable bonds is 8. The number of carbonyl (C=O) groups is 1. The number of hydrogen-bond donors (Lipinski definition) is 1. The van der Waals surface area contributed by atoms with Gasteiger partial charge in [-0.3, -0.25) is 4.79 Å². The number of amides is 1. The summed E-state index contributed by atoms with van der Waals surface area (Å²) in [6.07, 6.45) is 1.59. The van der Waals surface area contributed by atoms with Gasteiger partial charge >= 0.3 is 0 Å². The molecule has 2 aromatic rings. The third-order valence-electron chi connectivity index (χ3n) is 2.35. The monoisotopic (exact) mass is 297 g/mol. The molecule has 0 saturated heterocycles. The number of carbonyl (C=O) groups excluding carboxylic acids is 1. The SMILES string of the molecule is COCCNC(=O)CSc1nnnn1Cc1ccco1. The van der Waals surface area contributed by atoms with E-state index in [4.69, 9.17) is 9.15 Å². The van der Waals surface area contributed by atoms with Gasteiger partial charge in [0.25, 0.3) is 0 Å². The van der Waals surface area contributed by atoms with Crippen molar-refractivity contribution in [3.63, 3.8) is 0 Å². The normalized spacial score (nSPS) is 10.7. The molecule has 1 amide bonds. The quantitative estimate of drug-likeness (QED) is 0.548. The lowest BCUT2D eigenvalue weighted by Crippen LogP contribution is -2.28. The average Bonchev–Trinajstić information content (AvgIpc) is 3.09. The van der Waals surface area contributed by atoms with Gasteiger partial charge in [-0.05, 0) is 22.6 Å². The Bertz CT molecular complexity index is 528. The van der Waals surface area contributed by atoms with Gasteiger partial charge in [0, 0.05) is 13.7 Å². The molecule has 0 radical (unpaired) electrons. The molecule has 0 aliphatic rings. The number of aromatic nitrogens is 4. The third kappa shape index (κ3) is 4.35. The van der Waals surface area contributed by atoms with Crippen LogP contribution in [0.25, 0.3) is 0 Å². The third-order valence-corrected chi connectivity index (χ3v) is 3.30. The number of tetrazole rings is 1. The van der Waals surface area contributed by atoms with Crippen LogP contribution in [0, 0.1) is 0 Å². The Morgan fingerprint density at radius 2 is 2.50 bits per heavy atom. The molecule has 9 heteroatoms. The zero-order valence-corrected chi connectivity index (χ0v) is 11.8. The largest absolute Gasteiger partial charge is 0.467 e. The smallest absolute Gasteiger partial charge is 0.230 e. The summed E-state index contributed by atoms with van der Waals surface area (Å²) in [6.45, 7) is 1.42. The summed E-state index contributed by atoms with van der Waals surface area (Å²) in [6, 6.07) is 3.64. The first-order valence-corrected chi connectivity index (χ1v) is 6.95. The molecule has 8 nitrogen and oxygen atoms in total. The highest BCUT2D eigenvalue weighted by Crippen LogP contribution is 2.14. The van der Waals surface area contributed by atoms with Crippen LogP contribution in [0.1, 0.15) is 5.76 Å². The lowest BCUT2D eigenvalue weighted by Gasteiger charge is -2.04. The topological polar surface area (TPSA) is 95.1 Å². The first-order valence-electron chi connectivity index (χ1n) is 5.96. The average molecular weight is 297 g/mol. The second kappa shape index (κ2) is 7.65. The van der Waals surface area contributed by atoms with E-state index in [1.165, 1.54) is 11.8 Å². The van der Waals surface area contributed by atoms with Crippen molar-refractivity contribution in [1.82, 2.24) is 25.5 Å². The van der Waals surface area contributed by atoms with Gasteiger partial charge in [0.05, 0.1) is 18.6 Å². The van der Waals surface area contributed by atoms with Crippen LogP contribution in [0.5, 0.6) is 0 Å². The molecule has 2 heterocycles. The highest BCUT2D eigenvalue weighted by molar-refractivity contribution is 7.99. The molecule has 0 bridgehead atoms. The minimum absolute atomic E-state index is 0.0837. The van der Waals surface area contributed by atoms with Gasteiger partial charge in [-0.15, -0.1) is 5.10 Å². The number of furan rings is 1. The predicted molar refractivity (Wildman–Crippen MR) is 71.2 cm³/mol. The van der Waals surface area contributed by atoms with Crippen LogP contribution < -0.4 is 5.32 Å². The second-order valence-corrected chi connectivity index (χ2v) is 4.77. The Balaban J connectivity index is 1.81. The number of methoxy groups -OCH3 is 1. The van der Waals surface area contributed by atoms with Crippen molar-refractivity contribution < 1.29 is 13.9 Å². The molecule has 0 fully saturated rings.